The van der Waals surface area contributed by atoms with E-state index in [1.807, 2.05) is 0 Å². The molecule has 1 aliphatic heterocycles. The Bertz CT molecular complexity index is 130. The van der Waals surface area contributed by atoms with Gasteiger partial charge in [0.2, 0.25) is 0 Å². The molecule has 0 aromatic heterocycles. The number of hydrogen-bond acceptors (Lipinski definition) is 3. The summed E-state index contributed by atoms with van der Waals surface area (Å²) in [6.45, 7) is 5.98. The van der Waals surface area contributed by atoms with Gasteiger partial charge in [0.05, 0.1) is 12.2 Å². The molecular formula is C9H19NO2. The molecule has 1 aliphatic rings. The second kappa shape index (κ2) is 4.80. The van der Waals surface area contributed by atoms with Gasteiger partial charge in [-0.1, -0.05) is 0 Å². The summed E-state index contributed by atoms with van der Waals surface area (Å²) in [4.78, 5) is 0. The first-order valence-electron chi connectivity index (χ1n) is 4.62. The Morgan fingerprint density at radius 1 is 1.67 bits per heavy atom. The molecule has 0 aliphatic carbocycles. The molecule has 0 amide bonds. The van der Waals surface area contributed by atoms with Gasteiger partial charge < -0.3 is 14.8 Å². The standard InChI is InChI=1S/C9H19NO2/c1-7(11-3)6-10-9-4-5-12-8(9)2/h7-10H,4-6H2,1-3H3. The minimum atomic E-state index is 0.290. The summed E-state index contributed by atoms with van der Waals surface area (Å²) in [7, 11) is 1.74. The van der Waals surface area contributed by atoms with E-state index in [4.69, 9.17) is 9.47 Å². The Labute approximate surface area is 74.4 Å². The number of hydrogen-bond donors (Lipinski definition) is 1. The highest BCUT2D eigenvalue weighted by atomic mass is 16.5. The molecule has 1 saturated heterocycles. The SMILES string of the molecule is COC(C)CNC1CCOC1C. The van der Waals surface area contributed by atoms with Crippen molar-refractivity contribution in [3.05, 3.63) is 0 Å². The molecule has 1 N–H and O–H groups in total. The lowest BCUT2D eigenvalue weighted by Crippen LogP contribution is -2.39. The molecule has 1 rings (SSSR count). The largest absolute Gasteiger partial charge is 0.380 e. The molecular weight excluding hydrogens is 154 g/mol. The Morgan fingerprint density at radius 3 is 2.92 bits per heavy atom. The topological polar surface area (TPSA) is 30.5 Å². The highest BCUT2D eigenvalue weighted by Crippen LogP contribution is 2.12. The third-order valence-corrected chi connectivity index (χ3v) is 2.45. The summed E-state index contributed by atoms with van der Waals surface area (Å²) in [5.41, 5.74) is 0. The van der Waals surface area contributed by atoms with Crippen LogP contribution in [0.15, 0.2) is 0 Å². The van der Waals surface area contributed by atoms with Crippen LogP contribution in [0.25, 0.3) is 0 Å². The second-order valence-electron chi connectivity index (χ2n) is 3.43. The maximum Gasteiger partial charge on any atom is 0.0700 e. The molecule has 0 saturated carbocycles. The number of ether oxygens (including phenoxy) is 2. The van der Waals surface area contributed by atoms with Gasteiger partial charge >= 0.3 is 0 Å². The first-order chi connectivity index (χ1) is 5.74. The minimum absolute atomic E-state index is 0.290. The van der Waals surface area contributed by atoms with E-state index in [2.05, 4.69) is 19.2 Å². The summed E-state index contributed by atoms with van der Waals surface area (Å²) in [5, 5.41) is 3.43. The highest BCUT2D eigenvalue weighted by Gasteiger charge is 2.23. The van der Waals surface area contributed by atoms with Crippen LogP contribution in [0.4, 0.5) is 0 Å². The minimum Gasteiger partial charge on any atom is -0.380 e. The molecule has 1 heterocycles. The normalized spacial score (nSPS) is 32.2. The lowest BCUT2D eigenvalue weighted by Gasteiger charge is -2.18. The first kappa shape index (κ1) is 9.96. The molecule has 72 valence electrons. The molecule has 3 unspecified atom stereocenters. The van der Waals surface area contributed by atoms with E-state index in [0.717, 1.165) is 19.6 Å². The van der Waals surface area contributed by atoms with Crippen molar-refractivity contribution in [3.8, 4) is 0 Å². The van der Waals surface area contributed by atoms with Crippen molar-refractivity contribution in [3.63, 3.8) is 0 Å². The van der Waals surface area contributed by atoms with Gasteiger partial charge in [-0.2, -0.15) is 0 Å². The van der Waals surface area contributed by atoms with Crippen LogP contribution in [0.5, 0.6) is 0 Å². The number of rotatable bonds is 4. The van der Waals surface area contributed by atoms with Gasteiger partial charge in [-0.25, -0.2) is 0 Å². The van der Waals surface area contributed by atoms with Gasteiger partial charge in [-0.05, 0) is 20.3 Å². The smallest absolute Gasteiger partial charge is 0.0700 e. The monoisotopic (exact) mass is 173 g/mol. The molecule has 0 bridgehead atoms. The number of methoxy groups -OCH3 is 1. The van der Waals surface area contributed by atoms with Gasteiger partial charge in [0.1, 0.15) is 0 Å². The maximum absolute atomic E-state index is 5.43. The van der Waals surface area contributed by atoms with Crippen LogP contribution in [-0.4, -0.2) is 38.5 Å². The number of nitrogens with one attached hydrogen (secondary N) is 1. The van der Waals surface area contributed by atoms with Crippen molar-refractivity contribution in [1.29, 1.82) is 0 Å². The average molecular weight is 173 g/mol. The lowest BCUT2D eigenvalue weighted by atomic mass is 10.1. The van der Waals surface area contributed by atoms with Crippen molar-refractivity contribution in [2.75, 3.05) is 20.3 Å². The van der Waals surface area contributed by atoms with Gasteiger partial charge in [0, 0.05) is 26.3 Å². The van der Waals surface area contributed by atoms with E-state index in [1.54, 1.807) is 7.11 Å². The fourth-order valence-electron chi connectivity index (χ4n) is 1.40. The van der Waals surface area contributed by atoms with Crippen LogP contribution in [0, 0.1) is 0 Å². The van der Waals surface area contributed by atoms with Crippen molar-refractivity contribution in [2.45, 2.75) is 38.5 Å². The molecule has 3 atom stereocenters. The van der Waals surface area contributed by atoms with E-state index in [-0.39, 0.29) is 6.10 Å². The molecule has 3 nitrogen and oxygen atoms in total. The zero-order valence-electron chi connectivity index (χ0n) is 8.17. The van der Waals surface area contributed by atoms with E-state index in [9.17, 15) is 0 Å². The van der Waals surface area contributed by atoms with E-state index >= 15 is 0 Å². The Kier molecular flexibility index (Phi) is 3.98. The van der Waals surface area contributed by atoms with Crippen LogP contribution in [-0.2, 0) is 9.47 Å². The summed E-state index contributed by atoms with van der Waals surface area (Å²) >= 11 is 0. The fourth-order valence-corrected chi connectivity index (χ4v) is 1.40. The molecule has 3 heteroatoms. The van der Waals surface area contributed by atoms with Crippen molar-refractivity contribution >= 4 is 0 Å². The summed E-state index contributed by atoms with van der Waals surface area (Å²) in [6, 6.07) is 0.516. The Hall–Kier alpha value is -0.120. The van der Waals surface area contributed by atoms with Crippen LogP contribution in [0.2, 0.25) is 0 Å². The van der Waals surface area contributed by atoms with E-state index in [1.165, 1.54) is 0 Å². The molecule has 12 heavy (non-hydrogen) atoms. The van der Waals surface area contributed by atoms with Crippen molar-refractivity contribution in [2.24, 2.45) is 0 Å². The van der Waals surface area contributed by atoms with Crippen LogP contribution >= 0.6 is 0 Å². The van der Waals surface area contributed by atoms with Gasteiger partial charge in [0.15, 0.2) is 0 Å². The van der Waals surface area contributed by atoms with Gasteiger partial charge in [0.25, 0.3) is 0 Å². The lowest BCUT2D eigenvalue weighted by molar-refractivity contribution is 0.0954. The van der Waals surface area contributed by atoms with Crippen molar-refractivity contribution in [1.82, 2.24) is 5.32 Å². The quantitative estimate of drug-likeness (QED) is 0.681. The van der Waals surface area contributed by atoms with Crippen LogP contribution < -0.4 is 5.32 Å². The van der Waals surface area contributed by atoms with Crippen LogP contribution in [0.1, 0.15) is 20.3 Å². The summed E-state index contributed by atoms with van der Waals surface area (Å²) in [6.07, 6.45) is 1.77. The first-order valence-corrected chi connectivity index (χ1v) is 4.62. The summed E-state index contributed by atoms with van der Waals surface area (Å²) < 4.78 is 10.6. The van der Waals surface area contributed by atoms with E-state index < -0.39 is 0 Å². The summed E-state index contributed by atoms with van der Waals surface area (Å²) in [5.74, 6) is 0. The molecule has 0 radical (unpaired) electrons. The van der Waals surface area contributed by atoms with E-state index in [0.29, 0.717) is 12.1 Å². The van der Waals surface area contributed by atoms with Crippen LogP contribution in [0.3, 0.4) is 0 Å². The van der Waals surface area contributed by atoms with Gasteiger partial charge in [-0.15, -0.1) is 0 Å². The molecule has 0 aromatic rings. The highest BCUT2D eigenvalue weighted by molar-refractivity contribution is 4.79. The third-order valence-electron chi connectivity index (χ3n) is 2.45. The average Bonchev–Trinajstić information content (AvgIpc) is 2.47. The predicted molar refractivity (Wildman–Crippen MR) is 48.3 cm³/mol. The molecule has 1 fully saturated rings. The van der Waals surface area contributed by atoms with Gasteiger partial charge in [-0.3, -0.25) is 0 Å². The van der Waals surface area contributed by atoms with Crippen molar-refractivity contribution < 1.29 is 9.47 Å². The molecule has 0 aromatic carbocycles. The second-order valence-corrected chi connectivity index (χ2v) is 3.43. The predicted octanol–water partition coefficient (Wildman–Crippen LogP) is 0.788. The zero-order valence-corrected chi connectivity index (χ0v) is 8.17. The zero-order chi connectivity index (χ0) is 8.97. The fraction of sp³-hybridized carbons (Fsp3) is 1.00. The third kappa shape index (κ3) is 2.73. The Balaban J connectivity index is 2.13. The maximum atomic E-state index is 5.43. The Morgan fingerprint density at radius 2 is 2.42 bits per heavy atom. The molecule has 0 spiro atoms.